The highest BCUT2D eigenvalue weighted by molar-refractivity contribution is 5.35. The molecule has 0 amide bonds. The fourth-order valence-corrected chi connectivity index (χ4v) is 2.06. The zero-order valence-corrected chi connectivity index (χ0v) is 8.13. The second-order valence-corrected chi connectivity index (χ2v) is 3.86. The number of aromatic amines is 1. The summed E-state index contributed by atoms with van der Waals surface area (Å²) < 4.78 is 0. The topological polar surface area (TPSA) is 56.6 Å². The van der Waals surface area contributed by atoms with Gasteiger partial charge in [0.1, 0.15) is 11.6 Å². The van der Waals surface area contributed by atoms with Crippen LogP contribution in [0, 0.1) is 11.3 Å². The largest absolute Gasteiger partial charge is 0.325 e. The summed E-state index contributed by atoms with van der Waals surface area (Å²) in [6.07, 6.45) is 3.24. The normalized spacial score (nSPS) is 19.9. The number of aromatic nitrogens is 1. The molecule has 1 aromatic heterocycles. The molecule has 14 heavy (non-hydrogen) atoms. The number of H-pyrrole nitrogens is 1. The monoisotopic (exact) mass is 188 g/mol. The van der Waals surface area contributed by atoms with Crippen molar-refractivity contribution in [2.45, 2.75) is 32.1 Å². The fraction of sp³-hybridized carbons (Fsp3) is 0.455. The van der Waals surface area contributed by atoms with Gasteiger partial charge in [-0.05, 0) is 36.8 Å². The van der Waals surface area contributed by atoms with Gasteiger partial charge in [0.05, 0.1) is 0 Å². The predicted molar refractivity (Wildman–Crippen MR) is 53.1 cm³/mol. The van der Waals surface area contributed by atoms with Crippen LogP contribution in [0.1, 0.15) is 42.5 Å². The minimum Gasteiger partial charge on any atom is -0.325 e. The third-order valence-corrected chi connectivity index (χ3v) is 2.85. The van der Waals surface area contributed by atoms with Crippen LogP contribution in [-0.2, 0) is 6.42 Å². The number of rotatable bonds is 0. The summed E-state index contributed by atoms with van der Waals surface area (Å²) in [5, 5.41) is 8.72. The van der Waals surface area contributed by atoms with Gasteiger partial charge in [0.25, 0.3) is 5.56 Å². The molecule has 1 heterocycles. The molecule has 0 saturated carbocycles. The number of fused-ring (bicyclic) bond motifs is 1. The van der Waals surface area contributed by atoms with E-state index in [0.29, 0.717) is 5.92 Å². The Bertz CT molecular complexity index is 453. The van der Waals surface area contributed by atoms with Crippen LogP contribution in [0.4, 0.5) is 0 Å². The van der Waals surface area contributed by atoms with Crippen molar-refractivity contribution in [3.8, 4) is 6.07 Å². The molecule has 2 rings (SSSR count). The minimum atomic E-state index is -0.250. The van der Waals surface area contributed by atoms with E-state index < -0.39 is 0 Å². The number of hydrogen-bond acceptors (Lipinski definition) is 2. The Hall–Kier alpha value is -1.56. The molecule has 1 aliphatic rings. The molecule has 0 radical (unpaired) electrons. The van der Waals surface area contributed by atoms with Crippen LogP contribution < -0.4 is 5.56 Å². The van der Waals surface area contributed by atoms with Gasteiger partial charge in [0.2, 0.25) is 0 Å². The molecule has 0 fully saturated rings. The van der Waals surface area contributed by atoms with Crippen molar-refractivity contribution < 1.29 is 0 Å². The summed E-state index contributed by atoms with van der Waals surface area (Å²) in [5.41, 5.74) is 2.15. The van der Waals surface area contributed by atoms with Crippen LogP contribution in [0.15, 0.2) is 10.9 Å². The van der Waals surface area contributed by atoms with E-state index in [1.54, 1.807) is 6.07 Å². The summed E-state index contributed by atoms with van der Waals surface area (Å²) in [6.45, 7) is 2.11. The van der Waals surface area contributed by atoms with Crippen LogP contribution in [0.3, 0.4) is 0 Å². The first-order valence-corrected chi connectivity index (χ1v) is 4.88. The number of aryl methyl sites for hydroxylation is 1. The molecule has 0 aliphatic heterocycles. The lowest BCUT2D eigenvalue weighted by Gasteiger charge is -2.21. The van der Waals surface area contributed by atoms with E-state index in [-0.39, 0.29) is 11.1 Å². The first kappa shape index (κ1) is 9.01. The van der Waals surface area contributed by atoms with E-state index in [4.69, 9.17) is 5.26 Å². The van der Waals surface area contributed by atoms with Gasteiger partial charge in [-0.2, -0.15) is 5.26 Å². The lowest BCUT2D eigenvalue weighted by molar-refractivity contribution is 0.571. The van der Waals surface area contributed by atoms with Crippen LogP contribution in [0.25, 0.3) is 0 Å². The molecule has 1 aliphatic carbocycles. The standard InChI is InChI=1S/C11H12N2O/c1-7-3-2-4-8-5-9(6-12)11(14)13-10(7)8/h5,7H,2-4H2,1H3,(H,13,14)/t7-/m1/s1. The van der Waals surface area contributed by atoms with E-state index in [1.807, 2.05) is 6.07 Å². The van der Waals surface area contributed by atoms with E-state index in [2.05, 4.69) is 11.9 Å². The molecule has 72 valence electrons. The average molecular weight is 188 g/mol. The molecular weight excluding hydrogens is 176 g/mol. The molecule has 0 bridgehead atoms. The Kier molecular flexibility index (Phi) is 2.12. The quantitative estimate of drug-likeness (QED) is 0.673. The summed E-state index contributed by atoms with van der Waals surface area (Å²) in [5.74, 6) is 0.416. The Morgan fingerprint density at radius 2 is 2.43 bits per heavy atom. The summed E-state index contributed by atoms with van der Waals surface area (Å²) >= 11 is 0. The first-order valence-electron chi connectivity index (χ1n) is 4.88. The van der Waals surface area contributed by atoms with Gasteiger partial charge in [-0.1, -0.05) is 6.92 Å². The summed E-state index contributed by atoms with van der Waals surface area (Å²) in [4.78, 5) is 14.2. The molecule has 0 unspecified atom stereocenters. The number of hydrogen-bond donors (Lipinski definition) is 1. The maximum atomic E-state index is 11.4. The zero-order valence-electron chi connectivity index (χ0n) is 8.13. The highest BCUT2D eigenvalue weighted by Crippen LogP contribution is 2.28. The number of pyridine rings is 1. The summed E-state index contributed by atoms with van der Waals surface area (Å²) in [6, 6.07) is 3.66. The SMILES string of the molecule is C[C@@H]1CCCc2cc(C#N)c(=O)[nH]c21. The molecule has 0 spiro atoms. The highest BCUT2D eigenvalue weighted by Gasteiger charge is 2.18. The van der Waals surface area contributed by atoms with Gasteiger partial charge < -0.3 is 4.98 Å². The van der Waals surface area contributed by atoms with Gasteiger partial charge in [0.15, 0.2) is 0 Å². The molecule has 1 N–H and O–H groups in total. The number of nitrogens with zero attached hydrogens (tertiary/aromatic N) is 1. The van der Waals surface area contributed by atoms with Gasteiger partial charge in [-0.3, -0.25) is 4.79 Å². The lowest BCUT2D eigenvalue weighted by atomic mass is 9.87. The third-order valence-electron chi connectivity index (χ3n) is 2.85. The van der Waals surface area contributed by atoms with Crippen LogP contribution in [0.5, 0.6) is 0 Å². The molecule has 3 heteroatoms. The molecule has 3 nitrogen and oxygen atoms in total. The summed E-state index contributed by atoms with van der Waals surface area (Å²) in [7, 11) is 0. The Morgan fingerprint density at radius 3 is 3.14 bits per heavy atom. The van der Waals surface area contributed by atoms with Crippen molar-refractivity contribution in [2.75, 3.05) is 0 Å². The maximum absolute atomic E-state index is 11.4. The van der Waals surface area contributed by atoms with Crippen molar-refractivity contribution in [1.29, 1.82) is 5.26 Å². The first-order chi connectivity index (χ1) is 6.72. The Balaban J connectivity index is 2.61. The second kappa shape index (κ2) is 3.30. The van der Waals surface area contributed by atoms with E-state index in [0.717, 1.165) is 30.5 Å². The molecule has 0 aromatic carbocycles. The smallest absolute Gasteiger partial charge is 0.266 e. The van der Waals surface area contributed by atoms with Crippen molar-refractivity contribution in [3.63, 3.8) is 0 Å². The van der Waals surface area contributed by atoms with Crippen LogP contribution in [0.2, 0.25) is 0 Å². The molecule has 1 aromatic rings. The average Bonchev–Trinajstić information content (AvgIpc) is 2.19. The fourth-order valence-electron chi connectivity index (χ4n) is 2.06. The molecule has 1 atom stereocenters. The van der Waals surface area contributed by atoms with Crippen molar-refractivity contribution in [1.82, 2.24) is 4.98 Å². The number of nitriles is 1. The van der Waals surface area contributed by atoms with Crippen LogP contribution in [-0.4, -0.2) is 4.98 Å². The minimum absolute atomic E-state index is 0.234. The van der Waals surface area contributed by atoms with Crippen molar-refractivity contribution in [3.05, 3.63) is 33.2 Å². The molecule has 0 saturated heterocycles. The second-order valence-electron chi connectivity index (χ2n) is 3.86. The van der Waals surface area contributed by atoms with Gasteiger partial charge in [-0.25, -0.2) is 0 Å². The van der Waals surface area contributed by atoms with E-state index in [1.165, 1.54) is 0 Å². The lowest BCUT2D eigenvalue weighted by Crippen LogP contribution is -2.19. The van der Waals surface area contributed by atoms with E-state index in [9.17, 15) is 4.79 Å². The zero-order chi connectivity index (χ0) is 10.1. The van der Waals surface area contributed by atoms with E-state index >= 15 is 0 Å². The predicted octanol–water partition coefficient (Wildman–Crippen LogP) is 1.69. The maximum Gasteiger partial charge on any atom is 0.266 e. The Labute approximate surface area is 82.4 Å². The van der Waals surface area contributed by atoms with Crippen molar-refractivity contribution in [2.24, 2.45) is 0 Å². The third kappa shape index (κ3) is 1.33. The van der Waals surface area contributed by atoms with Gasteiger partial charge in [0, 0.05) is 5.69 Å². The highest BCUT2D eigenvalue weighted by atomic mass is 16.1. The molecular formula is C11H12N2O. The van der Waals surface area contributed by atoms with Crippen LogP contribution >= 0.6 is 0 Å². The Morgan fingerprint density at radius 1 is 1.64 bits per heavy atom. The van der Waals surface area contributed by atoms with Gasteiger partial charge in [-0.15, -0.1) is 0 Å². The van der Waals surface area contributed by atoms with Crippen molar-refractivity contribution >= 4 is 0 Å². The number of nitrogens with one attached hydrogen (secondary N) is 1. The van der Waals surface area contributed by atoms with Gasteiger partial charge >= 0.3 is 0 Å².